The van der Waals surface area contributed by atoms with Crippen molar-refractivity contribution in [3.8, 4) is 11.4 Å². The lowest BCUT2D eigenvalue weighted by molar-refractivity contribution is -0.146. The van der Waals surface area contributed by atoms with Crippen LogP contribution >= 0.6 is 0 Å². The molecule has 1 amide bonds. The Balaban J connectivity index is 2.01. The van der Waals surface area contributed by atoms with Crippen LogP contribution in [0.15, 0.2) is 36.7 Å². The lowest BCUT2D eigenvalue weighted by Crippen LogP contribution is -2.29. The van der Waals surface area contributed by atoms with Gasteiger partial charge < -0.3 is 20.3 Å². The molecule has 1 atom stereocenters. The fourth-order valence-electron chi connectivity index (χ4n) is 1.94. The highest BCUT2D eigenvalue weighted by Gasteiger charge is 2.15. The molecule has 2 aromatic rings. The van der Waals surface area contributed by atoms with Crippen LogP contribution in [0.2, 0.25) is 0 Å². The maximum Gasteiger partial charge on any atom is 0.332 e. The number of amides is 1. The second kappa shape index (κ2) is 7.41. The van der Waals surface area contributed by atoms with Gasteiger partial charge in [0.15, 0.2) is 6.10 Å². The molecule has 0 aliphatic heterocycles. The Morgan fingerprint density at radius 1 is 1.39 bits per heavy atom. The Kier molecular flexibility index (Phi) is 5.32. The third-order valence-electron chi connectivity index (χ3n) is 3.17. The Morgan fingerprint density at radius 2 is 2.13 bits per heavy atom. The maximum absolute atomic E-state index is 12.0. The van der Waals surface area contributed by atoms with Crippen molar-refractivity contribution in [2.45, 2.75) is 12.5 Å². The number of carbonyl (C=O) groups is 2. The molecule has 1 aromatic heterocycles. The number of hydrogen-bond donors (Lipinski definition) is 3. The summed E-state index contributed by atoms with van der Waals surface area (Å²) < 4.78 is 6.75. The summed E-state index contributed by atoms with van der Waals surface area (Å²) in [5.41, 5.74) is 1.01. The van der Waals surface area contributed by atoms with Crippen LogP contribution in [0.1, 0.15) is 16.8 Å². The molecule has 0 radical (unpaired) electrons. The normalized spacial score (nSPS) is 11.7. The second-order valence-corrected chi connectivity index (χ2v) is 4.74. The number of nitrogens with zero attached hydrogens (tertiary/aromatic N) is 2. The fourth-order valence-corrected chi connectivity index (χ4v) is 1.94. The zero-order valence-corrected chi connectivity index (χ0v) is 12.5. The van der Waals surface area contributed by atoms with E-state index in [4.69, 9.17) is 14.9 Å². The molecular weight excluding hydrogens is 302 g/mol. The van der Waals surface area contributed by atoms with E-state index < -0.39 is 18.0 Å². The van der Waals surface area contributed by atoms with Gasteiger partial charge in [-0.25, -0.2) is 9.48 Å². The lowest BCUT2D eigenvalue weighted by Gasteiger charge is -2.07. The zero-order chi connectivity index (χ0) is 16.8. The summed E-state index contributed by atoms with van der Waals surface area (Å²) in [5.74, 6) is -1.10. The van der Waals surface area contributed by atoms with E-state index in [9.17, 15) is 9.59 Å². The molecule has 1 aromatic carbocycles. The number of benzene rings is 1. The molecule has 23 heavy (non-hydrogen) atoms. The number of aliphatic hydroxyl groups is 1. The SMILES string of the molecule is COc1ccccc1-n1cc(C(=O)NCC[C@H](O)C(=O)O)cn1. The molecule has 8 nitrogen and oxygen atoms in total. The largest absolute Gasteiger partial charge is 0.494 e. The summed E-state index contributed by atoms with van der Waals surface area (Å²) in [6.45, 7) is 0.0478. The van der Waals surface area contributed by atoms with Crippen LogP contribution in [0.4, 0.5) is 0 Å². The van der Waals surface area contributed by atoms with Gasteiger partial charge in [0.25, 0.3) is 5.91 Å². The first-order valence-electron chi connectivity index (χ1n) is 6.90. The van der Waals surface area contributed by atoms with Crippen molar-refractivity contribution in [3.05, 3.63) is 42.2 Å². The number of para-hydroxylation sites is 2. The number of methoxy groups -OCH3 is 1. The van der Waals surface area contributed by atoms with Crippen molar-refractivity contribution in [3.63, 3.8) is 0 Å². The average Bonchev–Trinajstić information content (AvgIpc) is 3.04. The van der Waals surface area contributed by atoms with E-state index in [0.717, 1.165) is 0 Å². The third-order valence-corrected chi connectivity index (χ3v) is 3.17. The van der Waals surface area contributed by atoms with Crippen molar-refractivity contribution in [1.29, 1.82) is 0 Å². The van der Waals surface area contributed by atoms with Crippen LogP contribution in [0.3, 0.4) is 0 Å². The van der Waals surface area contributed by atoms with Crippen molar-refractivity contribution in [2.75, 3.05) is 13.7 Å². The first-order chi connectivity index (χ1) is 11.0. The van der Waals surface area contributed by atoms with Crippen LogP contribution in [-0.4, -0.2) is 51.6 Å². The molecule has 0 saturated carbocycles. The molecular formula is C15H17N3O5. The van der Waals surface area contributed by atoms with E-state index in [2.05, 4.69) is 10.4 Å². The molecule has 0 aliphatic rings. The van der Waals surface area contributed by atoms with Gasteiger partial charge in [-0.15, -0.1) is 0 Å². The van der Waals surface area contributed by atoms with Crippen molar-refractivity contribution >= 4 is 11.9 Å². The van der Waals surface area contributed by atoms with Crippen molar-refractivity contribution in [1.82, 2.24) is 15.1 Å². The minimum Gasteiger partial charge on any atom is -0.494 e. The van der Waals surface area contributed by atoms with Gasteiger partial charge in [0.2, 0.25) is 0 Å². The fraction of sp³-hybridized carbons (Fsp3) is 0.267. The third kappa shape index (κ3) is 4.07. The lowest BCUT2D eigenvalue weighted by atomic mass is 10.2. The number of aliphatic carboxylic acids is 1. The number of hydrogen-bond acceptors (Lipinski definition) is 5. The number of carboxylic acid groups (broad SMARTS) is 1. The van der Waals surface area contributed by atoms with Crippen LogP contribution in [0.25, 0.3) is 5.69 Å². The van der Waals surface area contributed by atoms with Crippen LogP contribution in [-0.2, 0) is 4.79 Å². The highest BCUT2D eigenvalue weighted by atomic mass is 16.5. The zero-order valence-electron chi connectivity index (χ0n) is 12.5. The number of carbonyl (C=O) groups excluding carboxylic acids is 1. The van der Waals surface area contributed by atoms with E-state index in [0.29, 0.717) is 17.0 Å². The Hall–Kier alpha value is -2.87. The molecule has 122 valence electrons. The quantitative estimate of drug-likeness (QED) is 0.682. The van der Waals surface area contributed by atoms with Crippen LogP contribution in [0.5, 0.6) is 5.75 Å². The predicted molar refractivity (Wildman–Crippen MR) is 80.7 cm³/mol. The molecule has 0 spiro atoms. The Bertz CT molecular complexity index is 698. The summed E-state index contributed by atoms with van der Waals surface area (Å²) in [7, 11) is 1.55. The van der Waals surface area contributed by atoms with E-state index in [1.165, 1.54) is 10.9 Å². The summed E-state index contributed by atoms with van der Waals surface area (Å²) in [6.07, 6.45) is 1.38. The number of nitrogens with one attached hydrogen (secondary N) is 1. The molecule has 8 heteroatoms. The van der Waals surface area contributed by atoms with Crippen LogP contribution < -0.4 is 10.1 Å². The Labute approximate surface area is 132 Å². The minimum atomic E-state index is -1.49. The van der Waals surface area contributed by atoms with Gasteiger partial charge in [-0.05, 0) is 12.1 Å². The van der Waals surface area contributed by atoms with Gasteiger partial charge in [-0.1, -0.05) is 12.1 Å². The number of ether oxygens (including phenoxy) is 1. The highest BCUT2D eigenvalue weighted by Crippen LogP contribution is 2.21. The second-order valence-electron chi connectivity index (χ2n) is 4.74. The number of aromatic nitrogens is 2. The van der Waals surface area contributed by atoms with E-state index >= 15 is 0 Å². The van der Waals surface area contributed by atoms with Gasteiger partial charge in [0.05, 0.1) is 18.9 Å². The van der Waals surface area contributed by atoms with Crippen LogP contribution in [0, 0.1) is 0 Å². The summed E-state index contributed by atoms with van der Waals surface area (Å²) in [5, 5.41) is 24.3. The standard InChI is InChI=1S/C15H17N3O5/c1-23-13-5-3-2-4-11(13)18-9-10(8-17-18)14(20)16-7-6-12(19)15(21)22/h2-5,8-9,12,19H,6-7H2,1H3,(H,16,20)(H,21,22)/t12-/m0/s1. The molecule has 0 unspecified atom stereocenters. The summed E-state index contributed by atoms with van der Waals surface area (Å²) in [6, 6.07) is 7.24. The number of aliphatic hydroxyl groups excluding tert-OH is 1. The van der Waals surface area contributed by atoms with Gasteiger partial charge >= 0.3 is 5.97 Å². The van der Waals surface area contributed by atoms with Gasteiger partial charge in [0.1, 0.15) is 11.4 Å². The number of carboxylic acids is 1. The number of rotatable bonds is 7. The molecule has 3 N–H and O–H groups in total. The summed E-state index contributed by atoms with van der Waals surface area (Å²) in [4.78, 5) is 22.4. The molecule has 1 heterocycles. The topological polar surface area (TPSA) is 114 Å². The van der Waals surface area contributed by atoms with E-state index in [-0.39, 0.29) is 13.0 Å². The first kappa shape index (κ1) is 16.5. The highest BCUT2D eigenvalue weighted by molar-refractivity contribution is 5.93. The molecule has 0 bridgehead atoms. The van der Waals surface area contributed by atoms with Gasteiger partial charge in [0, 0.05) is 19.2 Å². The van der Waals surface area contributed by atoms with Crippen molar-refractivity contribution < 1.29 is 24.5 Å². The summed E-state index contributed by atoms with van der Waals surface area (Å²) >= 11 is 0. The maximum atomic E-state index is 12.0. The Morgan fingerprint density at radius 3 is 2.83 bits per heavy atom. The van der Waals surface area contributed by atoms with E-state index in [1.54, 1.807) is 25.4 Å². The molecule has 2 rings (SSSR count). The smallest absolute Gasteiger partial charge is 0.332 e. The van der Waals surface area contributed by atoms with E-state index in [1.807, 2.05) is 12.1 Å². The monoisotopic (exact) mass is 319 g/mol. The minimum absolute atomic E-state index is 0.0478. The first-order valence-corrected chi connectivity index (χ1v) is 6.90. The van der Waals surface area contributed by atoms with Crippen molar-refractivity contribution in [2.24, 2.45) is 0 Å². The molecule has 0 aliphatic carbocycles. The average molecular weight is 319 g/mol. The van der Waals surface area contributed by atoms with Gasteiger partial charge in [-0.3, -0.25) is 4.79 Å². The molecule has 0 saturated heterocycles. The molecule has 0 fully saturated rings. The van der Waals surface area contributed by atoms with Gasteiger partial charge in [-0.2, -0.15) is 5.10 Å². The predicted octanol–water partition coefficient (Wildman–Crippen LogP) is 0.446.